The molecule has 184 valence electrons. The number of nitrogens with one attached hydrogen (secondary N) is 1. The van der Waals surface area contributed by atoms with Gasteiger partial charge in [-0.2, -0.15) is 5.10 Å². The van der Waals surface area contributed by atoms with Crippen molar-refractivity contribution < 1.29 is 32.2 Å². The molecule has 1 saturated carbocycles. The highest BCUT2D eigenvalue weighted by Gasteiger charge is 2.34. The van der Waals surface area contributed by atoms with Gasteiger partial charge in [0.2, 0.25) is 5.91 Å². The van der Waals surface area contributed by atoms with E-state index in [1.807, 2.05) is 0 Å². The fourth-order valence-corrected chi connectivity index (χ4v) is 4.22. The van der Waals surface area contributed by atoms with Crippen LogP contribution >= 0.6 is 0 Å². The Morgan fingerprint density at radius 3 is 2.41 bits per heavy atom. The van der Waals surface area contributed by atoms with Crippen LogP contribution in [0.25, 0.3) is 11.3 Å². The number of alkyl halides is 3. The largest absolute Gasteiger partial charge is 0.573 e. The van der Waals surface area contributed by atoms with Crippen LogP contribution in [0.15, 0.2) is 48.3 Å². The van der Waals surface area contributed by atoms with Crippen LogP contribution in [0.4, 0.5) is 23.4 Å². The van der Waals surface area contributed by atoms with Gasteiger partial charge in [0, 0.05) is 23.7 Å². The van der Waals surface area contributed by atoms with Gasteiger partial charge in [0.25, 0.3) is 0 Å². The molecule has 1 aliphatic rings. The highest BCUT2D eigenvalue weighted by atomic mass is 19.4. The first-order valence-electron chi connectivity index (χ1n) is 10.8. The summed E-state index contributed by atoms with van der Waals surface area (Å²) in [4.78, 5) is 12.8. The monoisotopic (exact) mass is 481 g/mol. The first-order valence-corrected chi connectivity index (χ1v) is 10.8. The summed E-state index contributed by atoms with van der Waals surface area (Å²) in [6, 6.07) is 5.44. The van der Waals surface area contributed by atoms with Gasteiger partial charge in [0.05, 0.1) is 17.7 Å². The summed E-state index contributed by atoms with van der Waals surface area (Å²) >= 11 is 0. The fraction of sp³-hybridized carbons (Fsp3) is 0.417. The van der Waals surface area contributed by atoms with Crippen LogP contribution in [0.2, 0.25) is 0 Å². The van der Waals surface area contributed by atoms with Gasteiger partial charge in [-0.3, -0.25) is 9.48 Å². The van der Waals surface area contributed by atoms with E-state index in [-0.39, 0.29) is 17.2 Å². The van der Waals surface area contributed by atoms with E-state index in [2.05, 4.69) is 21.7 Å². The maximum absolute atomic E-state index is 13.7. The van der Waals surface area contributed by atoms with Gasteiger partial charge >= 0.3 is 6.36 Å². The number of anilines is 1. The summed E-state index contributed by atoms with van der Waals surface area (Å²) in [5.41, 5.74) is 0.199. The lowest BCUT2D eigenvalue weighted by Crippen LogP contribution is -2.33. The number of allylic oxidation sites excluding steroid dienone is 1. The molecule has 0 spiro atoms. The zero-order valence-corrected chi connectivity index (χ0v) is 19.2. The van der Waals surface area contributed by atoms with E-state index in [0.29, 0.717) is 17.1 Å². The Hall–Kier alpha value is -3.14. The fourth-order valence-electron chi connectivity index (χ4n) is 4.22. The summed E-state index contributed by atoms with van der Waals surface area (Å²) in [6.07, 6.45) is -1.10. The lowest BCUT2D eigenvalue weighted by atomic mass is 9.79. The second kappa shape index (κ2) is 9.61. The highest BCUT2D eigenvalue weighted by molar-refractivity contribution is 5.93. The average molecular weight is 481 g/mol. The summed E-state index contributed by atoms with van der Waals surface area (Å²) < 4.78 is 56.6. The molecule has 1 unspecified atom stereocenters. The SMILES string of the molecule is C=C(F)/C(=C\C)C(C)(O)CC(=O)Nc1nn(C)c(-c2ccc(OC(F)(F)F)cc2)c1C1CCC1. The molecule has 1 aromatic carbocycles. The normalized spacial score (nSPS) is 16.5. The number of halogens is 4. The average Bonchev–Trinajstić information content (AvgIpc) is 2.94. The number of aromatic nitrogens is 2. The molecule has 1 amide bonds. The lowest BCUT2D eigenvalue weighted by Gasteiger charge is -2.27. The second-order valence-corrected chi connectivity index (χ2v) is 8.54. The Balaban J connectivity index is 1.90. The Labute approximate surface area is 194 Å². The molecule has 34 heavy (non-hydrogen) atoms. The van der Waals surface area contributed by atoms with E-state index >= 15 is 0 Å². The molecule has 2 N–H and O–H groups in total. The minimum atomic E-state index is -4.79. The molecule has 0 radical (unpaired) electrons. The number of aliphatic hydroxyl groups is 1. The van der Waals surface area contributed by atoms with Crippen molar-refractivity contribution in [3.8, 4) is 17.0 Å². The molecule has 0 aliphatic heterocycles. The standard InChI is InChI=1S/C24H27F4N3O3/c1-5-18(14(2)25)23(3,33)13-19(32)29-22-20(15-7-6-8-15)21(31(4)30-22)16-9-11-17(12-10-16)34-24(26,27)28/h5,9-12,15,33H,2,6-8,13H2,1,3-4H3,(H,29,30,32)/b18-5+. The van der Waals surface area contributed by atoms with E-state index in [9.17, 15) is 27.5 Å². The van der Waals surface area contributed by atoms with Crippen molar-refractivity contribution in [1.82, 2.24) is 9.78 Å². The summed E-state index contributed by atoms with van der Waals surface area (Å²) in [5, 5.41) is 17.8. The molecule has 1 heterocycles. The molecule has 0 saturated heterocycles. The van der Waals surface area contributed by atoms with E-state index in [1.165, 1.54) is 44.2 Å². The molecule has 6 nitrogen and oxygen atoms in total. The highest BCUT2D eigenvalue weighted by Crippen LogP contribution is 2.45. The summed E-state index contributed by atoms with van der Waals surface area (Å²) in [7, 11) is 1.68. The Morgan fingerprint density at radius 2 is 1.94 bits per heavy atom. The number of carbonyl (C=O) groups excluding carboxylic acids is 1. The predicted octanol–water partition coefficient (Wildman–Crippen LogP) is 5.76. The smallest absolute Gasteiger partial charge is 0.406 e. The molecular formula is C24H27F4N3O3. The van der Waals surface area contributed by atoms with Gasteiger partial charge in [0.1, 0.15) is 11.6 Å². The van der Waals surface area contributed by atoms with Gasteiger partial charge in [-0.1, -0.05) is 19.1 Å². The van der Waals surface area contributed by atoms with Crippen molar-refractivity contribution >= 4 is 11.7 Å². The van der Waals surface area contributed by atoms with Crippen LogP contribution in [0.1, 0.15) is 51.0 Å². The number of aryl methyl sites for hydroxylation is 1. The second-order valence-electron chi connectivity index (χ2n) is 8.54. The van der Waals surface area contributed by atoms with E-state index in [1.54, 1.807) is 11.7 Å². The Bertz CT molecular complexity index is 1100. The van der Waals surface area contributed by atoms with E-state index in [4.69, 9.17) is 0 Å². The van der Waals surface area contributed by atoms with E-state index < -0.39 is 30.1 Å². The van der Waals surface area contributed by atoms with Crippen molar-refractivity contribution in [2.24, 2.45) is 7.05 Å². The van der Waals surface area contributed by atoms with Crippen molar-refractivity contribution in [2.45, 2.75) is 57.4 Å². The number of nitrogens with zero attached hydrogens (tertiary/aromatic N) is 2. The number of ether oxygens (including phenoxy) is 1. The molecule has 1 aromatic heterocycles. The Kier molecular flexibility index (Phi) is 7.21. The van der Waals surface area contributed by atoms with Crippen LogP contribution in [0.5, 0.6) is 5.75 Å². The quantitative estimate of drug-likeness (QED) is 0.371. The van der Waals surface area contributed by atoms with Crippen molar-refractivity contribution in [3.63, 3.8) is 0 Å². The summed E-state index contributed by atoms with van der Waals surface area (Å²) in [5.74, 6) is -1.31. The first kappa shape index (κ1) is 25.5. The lowest BCUT2D eigenvalue weighted by molar-refractivity contribution is -0.274. The van der Waals surface area contributed by atoms with Crippen LogP contribution in [-0.2, 0) is 11.8 Å². The van der Waals surface area contributed by atoms with Gasteiger partial charge in [0.15, 0.2) is 5.82 Å². The number of amides is 1. The number of hydrogen-bond acceptors (Lipinski definition) is 4. The maximum atomic E-state index is 13.7. The van der Waals surface area contributed by atoms with E-state index in [0.717, 1.165) is 24.8 Å². The third-order valence-corrected chi connectivity index (χ3v) is 5.88. The zero-order chi connectivity index (χ0) is 25.3. The van der Waals surface area contributed by atoms with Gasteiger partial charge < -0.3 is 15.2 Å². The molecular weight excluding hydrogens is 454 g/mol. The molecule has 1 atom stereocenters. The number of hydrogen-bond donors (Lipinski definition) is 2. The molecule has 1 fully saturated rings. The number of carbonyl (C=O) groups is 1. The molecule has 10 heteroatoms. The molecule has 1 aliphatic carbocycles. The topological polar surface area (TPSA) is 76.4 Å². The summed E-state index contributed by atoms with van der Waals surface area (Å²) in [6.45, 7) is 6.07. The predicted molar refractivity (Wildman–Crippen MR) is 120 cm³/mol. The van der Waals surface area contributed by atoms with Crippen molar-refractivity contribution in [1.29, 1.82) is 0 Å². The molecule has 3 rings (SSSR count). The maximum Gasteiger partial charge on any atom is 0.573 e. The molecule has 2 aromatic rings. The van der Waals surface area contributed by atoms with Gasteiger partial charge in [-0.25, -0.2) is 4.39 Å². The van der Waals surface area contributed by atoms with Gasteiger partial charge in [-0.05, 0) is 56.9 Å². The van der Waals surface area contributed by atoms with Crippen molar-refractivity contribution in [2.75, 3.05) is 5.32 Å². The Morgan fingerprint density at radius 1 is 1.32 bits per heavy atom. The van der Waals surface area contributed by atoms with Crippen LogP contribution < -0.4 is 10.1 Å². The zero-order valence-electron chi connectivity index (χ0n) is 19.2. The number of benzene rings is 1. The minimum absolute atomic E-state index is 0.0789. The van der Waals surface area contributed by atoms with Crippen LogP contribution in [0.3, 0.4) is 0 Å². The first-order chi connectivity index (χ1) is 15.8. The number of rotatable bonds is 8. The molecule has 0 bridgehead atoms. The third-order valence-electron chi connectivity index (χ3n) is 5.88. The van der Waals surface area contributed by atoms with Gasteiger partial charge in [-0.15, -0.1) is 13.2 Å². The van der Waals surface area contributed by atoms with Crippen LogP contribution in [-0.4, -0.2) is 32.8 Å². The third kappa shape index (κ3) is 5.67. The van der Waals surface area contributed by atoms with Crippen LogP contribution in [0, 0.1) is 0 Å². The van der Waals surface area contributed by atoms with Crippen molar-refractivity contribution in [3.05, 3.63) is 53.9 Å². The minimum Gasteiger partial charge on any atom is -0.406 e.